The molecule has 19 heavy (non-hydrogen) atoms. The van der Waals surface area contributed by atoms with Gasteiger partial charge in [0.1, 0.15) is 0 Å². The number of nitrogens with zero attached hydrogens (tertiary/aromatic N) is 1. The van der Waals surface area contributed by atoms with E-state index in [9.17, 15) is 0 Å². The fourth-order valence-electron chi connectivity index (χ4n) is 2.89. The highest BCUT2D eigenvalue weighted by Gasteiger charge is 2.31. The Balaban J connectivity index is 1.68. The fourth-order valence-corrected chi connectivity index (χ4v) is 3.82. The van der Waals surface area contributed by atoms with Crippen molar-refractivity contribution >= 4 is 11.3 Å². The van der Waals surface area contributed by atoms with Crippen LogP contribution in [0.15, 0.2) is 42.5 Å². The molecule has 1 fully saturated rings. The van der Waals surface area contributed by atoms with Crippen LogP contribution in [0.2, 0.25) is 0 Å². The van der Waals surface area contributed by atoms with Gasteiger partial charge < -0.3 is 5.73 Å². The maximum Gasteiger partial charge on any atom is 0.0328 e. The first-order chi connectivity index (χ1) is 9.22. The minimum atomic E-state index is 0.253. The maximum absolute atomic E-state index is 6.32. The number of thiophene rings is 1. The van der Waals surface area contributed by atoms with Crippen LogP contribution in [-0.4, -0.2) is 24.0 Å². The van der Waals surface area contributed by atoms with E-state index in [1.54, 1.807) is 0 Å². The molecule has 0 aliphatic carbocycles. The Labute approximate surface area is 118 Å². The molecular formula is C16H20N2S. The van der Waals surface area contributed by atoms with Crippen molar-refractivity contribution in [3.63, 3.8) is 0 Å². The van der Waals surface area contributed by atoms with Crippen LogP contribution in [0.25, 0.3) is 0 Å². The number of benzene rings is 1. The Morgan fingerprint density at radius 2 is 1.95 bits per heavy atom. The Hall–Kier alpha value is -1.16. The molecule has 3 rings (SSSR count). The largest absolute Gasteiger partial charge is 0.326 e. The zero-order valence-electron chi connectivity index (χ0n) is 11.3. The van der Waals surface area contributed by atoms with E-state index < -0.39 is 0 Å². The molecular weight excluding hydrogens is 252 g/mol. The van der Waals surface area contributed by atoms with Gasteiger partial charge in [0.15, 0.2) is 0 Å². The number of likely N-dealkylation sites (tertiary alicyclic amines) is 1. The van der Waals surface area contributed by atoms with Crippen molar-refractivity contribution < 1.29 is 0 Å². The smallest absolute Gasteiger partial charge is 0.0328 e. The van der Waals surface area contributed by atoms with Gasteiger partial charge in [-0.25, -0.2) is 0 Å². The summed E-state index contributed by atoms with van der Waals surface area (Å²) in [7, 11) is 0. The van der Waals surface area contributed by atoms with E-state index >= 15 is 0 Å². The molecule has 0 spiro atoms. The van der Waals surface area contributed by atoms with Gasteiger partial charge in [-0.2, -0.15) is 0 Å². The summed E-state index contributed by atoms with van der Waals surface area (Å²) in [6, 6.07) is 15.4. The van der Waals surface area contributed by atoms with Gasteiger partial charge in [-0.05, 0) is 24.6 Å². The van der Waals surface area contributed by atoms with Crippen LogP contribution in [0.4, 0.5) is 0 Å². The van der Waals surface area contributed by atoms with Crippen LogP contribution in [-0.2, 0) is 6.54 Å². The second-order valence-electron chi connectivity index (χ2n) is 5.39. The second kappa shape index (κ2) is 5.45. The number of rotatable bonds is 3. The van der Waals surface area contributed by atoms with Crippen molar-refractivity contribution in [1.29, 1.82) is 0 Å². The molecule has 2 aromatic rings. The highest BCUT2D eigenvalue weighted by molar-refractivity contribution is 7.11. The van der Waals surface area contributed by atoms with Crippen molar-refractivity contribution in [2.45, 2.75) is 25.4 Å². The van der Waals surface area contributed by atoms with Crippen LogP contribution in [0.5, 0.6) is 0 Å². The zero-order chi connectivity index (χ0) is 13.2. The minimum Gasteiger partial charge on any atom is -0.326 e. The van der Waals surface area contributed by atoms with Crippen molar-refractivity contribution in [1.82, 2.24) is 4.90 Å². The number of hydrogen-bond donors (Lipinski definition) is 1. The summed E-state index contributed by atoms with van der Waals surface area (Å²) < 4.78 is 0. The molecule has 2 N–H and O–H groups in total. The monoisotopic (exact) mass is 272 g/mol. The third kappa shape index (κ3) is 2.89. The van der Waals surface area contributed by atoms with Gasteiger partial charge in [0.2, 0.25) is 0 Å². The van der Waals surface area contributed by atoms with E-state index in [1.807, 2.05) is 11.3 Å². The van der Waals surface area contributed by atoms with Gasteiger partial charge in [-0.15, -0.1) is 11.3 Å². The second-order valence-corrected chi connectivity index (χ2v) is 6.76. The van der Waals surface area contributed by atoms with E-state index in [1.165, 1.54) is 15.3 Å². The van der Waals surface area contributed by atoms with E-state index in [-0.39, 0.29) is 6.04 Å². The predicted octanol–water partition coefficient (Wildman–Crippen LogP) is 2.98. The number of nitrogens with two attached hydrogens (primary N) is 1. The summed E-state index contributed by atoms with van der Waals surface area (Å²) in [5, 5.41) is 0. The topological polar surface area (TPSA) is 29.3 Å². The molecule has 2 heterocycles. The molecule has 0 amide bonds. The lowest BCUT2D eigenvalue weighted by Gasteiger charge is -2.15. The van der Waals surface area contributed by atoms with Gasteiger partial charge in [0.05, 0.1) is 0 Å². The SMILES string of the molecule is Cc1ccc(CN2CC(N)C(c3ccccc3)C2)s1. The molecule has 1 aliphatic rings. The fraction of sp³-hybridized carbons (Fsp3) is 0.375. The maximum atomic E-state index is 6.32. The molecule has 2 nitrogen and oxygen atoms in total. The third-order valence-electron chi connectivity index (χ3n) is 3.84. The molecule has 0 radical (unpaired) electrons. The first-order valence-electron chi connectivity index (χ1n) is 6.80. The van der Waals surface area contributed by atoms with Gasteiger partial charge >= 0.3 is 0 Å². The van der Waals surface area contributed by atoms with Crippen LogP contribution < -0.4 is 5.73 Å². The lowest BCUT2D eigenvalue weighted by Crippen LogP contribution is -2.28. The lowest BCUT2D eigenvalue weighted by atomic mass is 9.95. The zero-order valence-corrected chi connectivity index (χ0v) is 12.1. The summed E-state index contributed by atoms with van der Waals surface area (Å²) in [6.45, 7) is 5.27. The molecule has 1 aromatic heterocycles. The molecule has 100 valence electrons. The molecule has 2 unspecified atom stereocenters. The van der Waals surface area contributed by atoms with Gasteiger partial charge in [-0.3, -0.25) is 4.90 Å². The Morgan fingerprint density at radius 3 is 2.63 bits per heavy atom. The molecule has 1 saturated heterocycles. The van der Waals surface area contributed by atoms with Crippen molar-refractivity contribution in [3.8, 4) is 0 Å². The molecule has 1 aromatic carbocycles. The number of aryl methyl sites for hydroxylation is 1. The third-order valence-corrected chi connectivity index (χ3v) is 4.83. The molecule has 0 saturated carbocycles. The summed E-state index contributed by atoms with van der Waals surface area (Å²) in [4.78, 5) is 5.31. The molecule has 1 aliphatic heterocycles. The van der Waals surface area contributed by atoms with E-state index in [4.69, 9.17) is 5.73 Å². The Morgan fingerprint density at radius 1 is 1.16 bits per heavy atom. The van der Waals surface area contributed by atoms with Gasteiger partial charge in [0, 0.05) is 41.3 Å². The van der Waals surface area contributed by atoms with E-state index in [0.29, 0.717) is 5.92 Å². The summed E-state index contributed by atoms with van der Waals surface area (Å²) >= 11 is 1.89. The van der Waals surface area contributed by atoms with Crippen molar-refractivity contribution in [2.75, 3.05) is 13.1 Å². The molecule has 2 atom stereocenters. The Bertz CT molecular complexity index is 535. The molecule has 0 bridgehead atoms. The summed E-state index contributed by atoms with van der Waals surface area (Å²) in [6.07, 6.45) is 0. The van der Waals surface area contributed by atoms with E-state index in [2.05, 4.69) is 54.3 Å². The van der Waals surface area contributed by atoms with Crippen molar-refractivity contribution in [2.24, 2.45) is 5.73 Å². The van der Waals surface area contributed by atoms with Crippen LogP contribution >= 0.6 is 11.3 Å². The minimum absolute atomic E-state index is 0.253. The summed E-state index contributed by atoms with van der Waals surface area (Å²) in [5.74, 6) is 0.474. The summed E-state index contributed by atoms with van der Waals surface area (Å²) in [5.41, 5.74) is 7.70. The van der Waals surface area contributed by atoms with E-state index in [0.717, 1.165) is 19.6 Å². The Kier molecular flexibility index (Phi) is 3.69. The van der Waals surface area contributed by atoms with Crippen LogP contribution in [0, 0.1) is 6.92 Å². The van der Waals surface area contributed by atoms with Gasteiger partial charge in [0.25, 0.3) is 0 Å². The van der Waals surface area contributed by atoms with Crippen LogP contribution in [0.1, 0.15) is 21.2 Å². The first kappa shape index (κ1) is 12.9. The van der Waals surface area contributed by atoms with Gasteiger partial charge in [-0.1, -0.05) is 30.3 Å². The molecule has 3 heteroatoms. The average Bonchev–Trinajstić information content (AvgIpc) is 2.97. The first-order valence-corrected chi connectivity index (χ1v) is 7.62. The van der Waals surface area contributed by atoms with Crippen LogP contribution in [0.3, 0.4) is 0 Å². The quantitative estimate of drug-likeness (QED) is 0.930. The average molecular weight is 272 g/mol. The predicted molar refractivity (Wildman–Crippen MR) is 81.5 cm³/mol. The highest BCUT2D eigenvalue weighted by Crippen LogP contribution is 2.28. The number of hydrogen-bond acceptors (Lipinski definition) is 3. The highest BCUT2D eigenvalue weighted by atomic mass is 32.1. The normalized spacial score (nSPS) is 23.9. The lowest BCUT2D eigenvalue weighted by molar-refractivity contribution is 0.327. The standard InChI is InChI=1S/C16H20N2S/c1-12-7-8-14(19-12)9-18-10-15(16(17)11-18)13-5-3-2-4-6-13/h2-8,15-16H,9-11,17H2,1H3. The van der Waals surface area contributed by atoms with Crippen molar-refractivity contribution in [3.05, 3.63) is 57.8 Å².